The van der Waals surface area contributed by atoms with E-state index in [9.17, 15) is 4.79 Å². The monoisotopic (exact) mass is 359 g/mol. The highest BCUT2D eigenvalue weighted by molar-refractivity contribution is 6.11. The molecule has 0 fully saturated rings. The van der Waals surface area contributed by atoms with Gasteiger partial charge in [-0.05, 0) is 24.3 Å². The predicted molar refractivity (Wildman–Crippen MR) is 98.9 cm³/mol. The van der Waals surface area contributed by atoms with Crippen molar-refractivity contribution >= 4 is 11.6 Å². The molecular weight excluding hydrogens is 342 g/mol. The van der Waals surface area contributed by atoms with E-state index in [2.05, 4.69) is 9.97 Å². The van der Waals surface area contributed by atoms with E-state index >= 15 is 0 Å². The number of rotatable bonds is 3. The van der Waals surface area contributed by atoms with E-state index in [0.29, 0.717) is 23.9 Å². The maximum Gasteiger partial charge on any atom is 0.247 e. The first kappa shape index (κ1) is 15.8. The number of hydrogen-bond acceptors (Lipinski definition) is 5. The molecular formula is C21H17N3O3. The summed E-state index contributed by atoms with van der Waals surface area (Å²) in [5.41, 5.74) is 2.27. The molecule has 0 radical (unpaired) electrons. The molecule has 2 aliphatic heterocycles. The Morgan fingerprint density at radius 2 is 2.00 bits per heavy atom. The first-order valence-electron chi connectivity index (χ1n) is 8.74. The van der Waals surface area contributed by atoms with Crippen molar-refractivity contribution in [1.82, 2.24) is 9.97 Å². The van der Waals surface area contributed by atoms with Crippen LogP contribution in [0, 0.1) is 0 Å². The molecule has 4 heterocycles. The minimum atomic E-state index is -0.949. The molecule has 2 aliphatic rings. The number of hydrogen-bond donors (Lipinski definition) is 0. The van der Waals surface area contributed by atoms with Crippen LogP contribution in [-0.2, 0) is 16.8 Å². The third-order valence-corrected chi connectivity index (χ3v) is 5.20. The van der Waals surface area contributed by atoms with Crippen molar-refractivity contribution in [2.75, 3.05) is 18.6 Å². The van der Waals surface area contributed by atoms with Gasteiger partial charge in [-0.25, -0.2) is 4.98 Å². The van der Waals surface area contributed by atoms with Crippen LogP contribution in [0.3, 0.4) is 0 Å². The largest absolute Gasteiger partial charge is 0.490 e. The molecule has 1 spiro atoms. The van der Waals surface area contributed by atoms with Gasteiger partial charge in [0.2, 0.25) is 11.8 Å². The zero-order valence-corrected chi connectivity index (χ0v) is 14.8. The molecule has 1 amide bonds. The van der Waals surface area contributed by atoms with Crippen molar-refractivity contribution in [3.63, 3.8) is 0 Å². The Kier molecular flexibility index (Phi) is 3.40. The summed E-state index contributed by atoms with van der Waals surface area (Å²) < 4.78 is 11.2. The quantitative estimate of drug-likeness (QED) is 0.719. The van der Waals surface area contributed by atoms with Gasteiger partial charge in [-0.2, -0.15) is 0 Å². The molecule has 0 aliphatic carbocycles. The normalized spacial score (nSPS) is 19.7. The van der Waals surface area contributed by atoms with Gasteiger partial charge in [-0.1, -0.05) is 24.3 Å². The summed E-state index contributed by atoms with van der Waals surface area (Å²) in [6, 6.07) is 17.1. The fourth-order valence-corrected chi connectivity index (χ4v) is 3.92. The van der Waals surface area contributed by atoms with Crippen LogP contribution >= 0.6 is 0 Å². The third-order valence-electron chi connectivity index (χ3n) is 5.20. The second kappa shape index (κ2) is 5.81. The zero-order valence-electron chi connectivity index (χ0n) is 14.8. The Morgan fingerprint density at radius 3 is 2.81 bits per heavy atom. The van der Waals surface area contributed by atoms with Crippen LogP contribution in [0.1, 0.15) is 17.0 Å². The number of carbonyl (C=O) groups excluding carboxylic acids is 1. The minimum absolute atomic E-state index is 0.0474. The molecule has 3 aromatic rings. The summed E-state index contributed by atoms with van der Waals surface area (Å²) in [4.78, 5) is 24.4. The maximum atomic E-state index is 13.7. The van der Waals surface area contributed by atoms with E-state index in [1.165, 1.54) is 0 Å². The summed E-state index contributed by atoms with van der Waals surface area (Å²) in [5, 5.41) is 0. The molecule has 27 heavy (non-hydrogen) atoms. The van der Waals surface area contributed by atoms with Crippen molar-refractivity contribution in [1.29, 1.82) is 0 Å². The molecule has 1 aromatic carbocycles. The lowest BCUT2D eigenvalue weighted by molar-refractivity contribution is -0.122. The van der Waals surface area contributed by atoms with Crippen LogP contribution in [0.4, 0.5) is 5.69 Å². The first-order valence-corrected chi connectivity index (χ1v) is 8.74. The number of benzene rings is 1. The SMILES string of the molecule is COc1ccc2c(n1)C1(CO2)C(=O)N(Cc2ccccn2)c2ccccc21. The van der Waals surface area contributed by atoms with Gasteiger partial charge in [-0.3, -0.25) is 9.78 Å². The number of aromatic nitrogens is 2. The minimum Gasteiger partial charge on any atom is -0.490 e. The fraction of sp³-hybridized carbons (Fsp3) is 0.190. The lowest BCUT2D eigenvalue weighted by atomic mass is 9.80. The van der Waals surface area contributed by atoms with Gasteiger partial charge < -0.3 is 14.4 Å². The standard InChI is InChI=1S/C21H17N3O3/c1-26-18-10-9-17-19(23-18)21(13-27-17)15-7-2-3-8-16(15)24(20(21)25)12-14-6-4-5-11-22-14/h2-11H,12-13H2,1H3. The lowest BCUT2D eigenvalue weighted by Crippen LogP contribution is -2.42. The van der Waals surface area contributed by atoms with Crippen LogP contribution in [0.25, 0.3) is 0 Å². The molecule has 0 N–H and O–H groups in total. The van der Waals surface area contributed by atoms with Crippen LogP contribution in [0.2, 0.25) is 0 Å². The van der Waals surface area contributed by atoms with Gasteiger partial charge in [0.05, 0.1) is 19.3 Å². The summed E-state index contributed by atoms with van der Waals surface area (Å²) in [6.07, 6.45) is 1.73. The molecule has 6 nitrogen and oxygen atoms in total. The number of ether oxygens (including phenoxy) is 2. The Balaban J connectivity index is 1.67. The van der Waals surface area contributed by atoms with Crippen LogP contribution in [0.5, 0.6) is 11.6 Å². The van der Waals surface area contributed by atoms with E-state index in [4.69, 9.17) is 9.47 Å². The smallest absolute Gasteiger partial charge is 0.247 e. The van der Waals surface area contributed by atoms with Crippen LogP contribution in [-0.4, -0.2) is 29.6 Å². The van der Waals surface area contributed by atoms with E-state index in [-0.39, 0.29) is 12.5 Å². The van der Waals surface area contributed by atoms with Gasteiger partial charge in [0.1, 0.15) is 18.1 Å². The van der Waals surface area contributed by atoms with Crippen molar-refractivity contribution in [3.05, 3.63) is 77.7 Å². The highest BCUT2D eigenvalue weighted by atomic mass is 16.5. The van der Waals surface area contributed by atoms with Crippen molar-refractivity contribution in [2.24, 2.45) is 0 Å². The second-order valence-corrected chi connectivity index (χ2v) is 6.62. The first-order chi connectivity index (χ1) is 13.2. The molecule has 0 bridgehead atoms. The van der Waals surface area contributed by atoms with Crippen molar-refractivity contribution < 1.29 is 14.3 Å². The molecule has 0 saturated heterocycles. The highest BCUT2D eigenvalue weighted by Crippen LogP contribution is 2.52. The van der Waals surface area contributed by atoms with Gasteiger partial charge in [-0.15, -0.1) is 0 Å². The number of methoxy groups -OCH3 is 1. The van der Waals surface area contributed by atoms with E-state index in [0.717, 1.165) is 16.9 Å². The topological polar surface area (TPSA) is 64.6 Å². The number of anilines is 1. The van der Waals surface area contributed by atoms with E-state index in [1.807, 2.05) is 48.5 Å². The van der Waals surface area contributed by atoms with E-state index in [1.54, 1.807) is 24.3 Å². The fourth-order valence-electron chi connectivity index (χ4n) is 3.92. The van der Waals surface area contributed by atoms with Crippen molar-refractivity contribution in [2.45, 2.75) is 12.0 Å². The molecule has 5 rings (SSSR count). The van der Waals surface area contributed by atoms with Gasteiger partial charge in [0, 0.05) is 23.5 Å². The molecule has 0 saturated carbocycles. The second-order valence-electron chi connectivity index (χ2n) is 6.62. The van der Waals surface area contributed by atoms with Crippen molar-refractivity contribution in [3.8, 4) is 11.6 Å². The average molecular weight is 359 g/mol. The molecule has 134 valence electrons. The highest BCUT2D eigenvalue weighted by Gasteiger charge is 2.58. The lowest BCUT2D eigenvalue weighted by Gasteiger charge is -2.22. The predicted octanol–water partition coefficient (Wildman–Crippen LogP) is 2.71. The zero-order chi connectivity index (χ0) is 18.4. The van der Waals surface area contributed by atoms with Gasteiger partial charge in [0.25, 0.3) is 0 Å². The Bertz CT molecular complexity index is 1040. The molecule has 6 heteroatoms. The molecule has 1 atom stereocenters. The number of carbonyl (C=O) groups is 1. The number of pyridine rings is 2. The van der Waals surface area contributed by atoms with Gasteiger partial charge in [0.15, 0.2) is 5.41 Å². The number of amides is 1. The van der Waals surface area contributed by atoms with Crippen LogP contribution < -0.4 is 14.4 Å². The maximum absolute atomic E-state index is 13.7. The molecule has 2 aromatic heterocycles. The summed E-state index contributed by atoms with van der Waals surface area (Å²) in [6.45, 7) is 0.634. The molecule has 1 unspecified atom stereocenters. The number of nitrogens with zero attached hydrogens (tertiary/aromatic N) is 3. The number of para-hydroxylation sites is 1. The average Bonchev–Trinajstić information content (AvgIpc) is 3.21. The summed E-state index contributed by atoms with van der Waals surface area (Å²) in [5.74, 6) is 1.04. The van der Waals surface area contributed by atoms with Crippen LogP contribution in [0.15, 0.2) is 60.8 Å². The van der Waals surface area contributed by atoms with E-state index < -0.39 is 5.41 Å². The Morgan fingerprint density at radius 1 is 1.15 bits per heavy atom. The summed E-state index contributed by atoms with van der Waals surface area (Å²) >= 11 is 0. The Labute approximate surface area is 156 Å². The number of fused-ring (bicyclic) bond motifs is 4. The van der Waals surface area contributed by atoms with Gasteiger partial charge >= 0.3 is 0 Å². The Hall–Kier alpha value is -3.41. The summed E-state index contributed by atoms with van der Waals surface area (Å²) in [7, 11) is 1.56. The third kappa shape index (κ3) is 2.16.